The molecule has 13 heteroatoms. The van der Waals surface area contributed by atoms with Crippen molar-refractivity contribution >= 4 is 34.0 Å². The van der Waals surface area contributed by atoms with Crippen LogP contribution in [0.2, 0.25) is 0 Å². The standard InChI is InChI=1S/C49H61N7O6/c1-35-31-55(42(29-52-35)33-59-4)32-46(57)56-34-49(2,3)47-45(56)25-37(27-53-47)23-36-9-8-12-43(24-36)62-22-21-61-20-19-60-18-17-51-30-44(38-10-6-5-7-11-38)48(58)54-41-14-13-40-28-50-16-15-39(40)26-41/h5-16,24-28,35,42,44,51-52H,17-23,29-34H2,1-4H3,(H,54,58)/t35-,42-,44-/m1/s1. The van der Waals surface area contributed by atoms with Crippen LogP contribution in [0.1, 0.15) is 49.1 Å². The number of carbonyl (C=O) groups excluding carboxylic acids is 2. The molecule has 328 valence electrons. The summed E-state index contributed by atoms with van der Waals surface area (Å²) < 4.78 is 23.1. The highest BCUT2D eigenvalue weighted by atomic mass is 16.5. The van der Waals surface area contributed by atoms with Gasteiger partial charge in [0.05, 0.1) is 56.9 Å². The first kappa shape index (κ1) is 44.8. The summed E-state index contributed by atoms with van der Waals surface area (Å²) in [6.07, 6.45) is 6.16. The van der Waals surface area contributed by atoms with E-state index in [1.54, 1.807) is 13.3 Å². The molecule has 0 saturated carbocycles. The fourth-order valence-electron chi connectivity index (χ4n) is 8.29. The molecule has 1 saturated heterocycles. The lowest BCUT2D eigenvalue weighted by Gasteiger charge is -2.39. The van der Waals surface area contributed by atoms with Crippen LogP contribution in [-0.4, -0.2) is 125 Å². The van der Waals surface area contributed by atoms with E-state index in [0.29, 0.717) is 78.3 Å². The van der Waals surface area contributed by atoms with E-state index in [-0.39, 0.29) is 29.2 Å². The van der Waals surface area contributed by atoms with Crippen molar-refractivity contribution < 1.29 is 28.5 Å². The number of pyridine rings is 2. The summed E-state index contributed by atoms with van der Waals surface area (Å²) in [5, 5.41) is 12.0. The Morgan fingerprint density at radius 1 is 0.903 bits per heavy atom. The first-order valence-electron chi connectivity index (χ1n) is 21.7. The van der Waals surface area contributed by atoms with Crippen LogP contribution in [0.5, 0.6) is 5.75 Å². The summed E-state index contributed by atoms with van der Waals surface area (Å²) in [4.78, 5) is 40.6. The Labute approximate surface area is 365 Å². The Morgan fingerprint density at radius 3 is 2.56 bits per heavy atom. The number of benzene rings is 3. The van der Waals surface area contributed by atoms with E-state index in [1.807, 2.05) is 90.1 Å². The van der Waals surface area contributed by atoms with Crippen molar-refractivity contribution in [3.05, 3.63) is 126 Å². The number of ether oxygens (including phenoxy) is 4. The highest BCUT2D eigenvalue weighted by Crippen LogP contribution is 2.40. The highest BCUT2D eigenvalue weighted by molar-refractivity contribution is 5.98. The number of nitrogens with one attached hydrogen (secondary N) is 3. The smallest absolute Gasteiger partial charge is 0.241 e. The number of fused-ring (bicyclic) bond motifs is 2. The topological polar surface area (TPSA) is 139 Å². The molecule has 2 aliphatic heterocycles. The molecule has 0 aliphatic carbocycles. The molecule has 2 aromatic heterocycles. The Balaban J connectivity index is 0.808. The Kier molecular flexibility index (Phi) is 15.7. The lowest BCUT2D eigenvalue weighted by atomic mass is 9.91. The second kappa shape index (κ2) is 21.7. The lowest BCUT2D eigenvalue weighted by molar-refractivity contribution is -0.121. The second-order valence-electron chi connectivity index (χ2n) is 16.9. The van der Waals surface area contributed by atoms with Crippen LogP contribution in [0.3, 0.4) is 0 Å². The molecular formula is C49H61N7O6. The van der Waals surface area contributed by atoms with E-state index in [1.165, 1.54) is 0 Å². The van der Waals surface area contributed by atoms with Crippen molar-refractivity contribution in [2.75, 3.05) is 96.2 Å². The Bertz CT molecular complexity index is 2240. The van der Waals surface area contributed by atoms with Crippen molar-refractivity contribution in [3.8, 4) is 5.75 Å². The summed E-state index contributed by atoms with van der Waals surface area (Å²) in [5.41, 5.74) is 5.46. The molecule has 0 bridgehead atoms. The SMILES string of the molecule is COC[C@H]1CN[C@H](C)CN1CC(=O)N1CC(C)(C)c2ncc(Cc3cccc(OCCOCCOCCNC[C@@H](C(=O)Nc4ccc5cnccc5c4)c4ccccc4)c3)cc21. The molecular weight excluding hydrogens is 783 g/mol. The van der Waals surface area contributed by atoms with Gasteiger partial charge in [0.15, 0.2) is 0 Å². The summed E-state index contributed by atoms with van der Waals surface area (Å²) in [6.45, 7) is 12.9. The van der Waals surface area contributed by atoms with Gasteiger partial charge in [-0.2, -0.15) is 0 Å². The molecule has 0 unspecified atom stereocenters. The van der Waals surface area contributed by atoms with Crippen molar-refractivity contribution in [2.24, 2.45) is 0 Å². The van der Waals surface area contributed by atoms with Crippen LogP contribution < -0.4 is 25.6 Å². The minimum absolute atomic E-state index is 0.0736. The van der Waals surface area contributed by atoms with Gasteiger partial charge in [-0.25, -0.2) is 0 Å². The van der Waals surface area contributed by atoms with Crippen LogP contribution in [0.4, 0.5) is 11.4 Å². The predicted octanol–water partition coefficient (Wildman–Crippen LogP) is 5.58. The third-order valence-electron chi connectivity index (χ3n) is 11.5. The number of amides is 2. The maximum atomic E-state index is 13.9. The van der Waals surface area contributed by atoms with Gasteiger partial charge in [-0.1, -0.05) is 62.4 Å². The zero-order valence-electron chi connectivity index (χ0n) is 36.5. The van der Waals surface area contributed by atoms with Gasteiger partial charge in [0.25, 0.3) is 0 Å². The minimum Gasteiger partial charge on any atom is -0.491 e. The predicted molar refractivity (Wildman–Crippen MR) is 243 cm³/mol. The van der Waals surface area contributed by atoms with Gasteiger partial charge in [-0.3, -0.25) is 24.5 Å². The third-order valence-corrected chi connectivity index (χ3v) is 11.5. The highest BCUT2D eigenvalue weighted by Gasteiger charge is 2.40. The number of rotatable bonds is 21. The molecule has 2 aliphatic rings. The third kappa shape index (κ3) is 12.0. The number of methoxy groups -OCH3 is 1. The number of anilines is 2. The molecule has 13 nitrogen and oxygen atoms in total. The summed E-state index contributed by atoms with van der Waals surface area (Å²) in [6, 6.07) is 28.3. The molecule has 0 spiro atoms. The van der Waals surface area contributed by atoms with Gasteiger partial charge in [0, 0.05) is 87.0 Å². The fraction of sp³-hybridized carbons (Fsp3) is 0.429. The average Bonchev–Trinajstić information content (AvgIpc) is 3.54. The second-order valence-corrected chi connectivity index (χ2v) is 16.9. The van der Waals surface area contributed by atoms with E-state index in [4.69, 9.17) is 23.9 Å². The minimum atomic E-state index is -0.368. The quantitative estimate of drug-likeness (QED) is 0.0799. The summed E-state index contributed by atoms with van der Waals surface area (Å²) in [5.74, 6) is 0.422. The van der Waals surface area contributed by atoms with E-state index >= 15 is 0 Å². The number of carbonyl (C=O) groups is 2. The monoisotopic (exact) mass is 843 g/mol. The Morgan fingerprint density at radius 2 is 1.73 bits per heavy atom. The molecule has 3 N–H and O–H groups in total. The molecule has 5 aromatic rings. The Hall–Kier alpha value is -5.28. The maximum Gasteiger partial charge on any atom is 0.241 e. The number of piperazine rings is 1. The van der Waals surface area contributed by atoms with E-state index in [9.17, 15) is 9.59 Å². The van der Waals surface area contributed by atoms with Crippen LogP contribution in [0.15, 0.2) is 104 Å². The molecule has 3 atom stereocenters. The fourth-order valence-corrected chi connectivity index (χ4v) is 8.29. The van der Waals surface area contributed by atoms with Gasteiger partial charge in [-0.05, 0) is 71.8 Å². The molecule has 4 heterocycles. The van der Waals surface area contributed by atoms with Gasteiger partial charge in [-0.15, -0.1) is 0 Å². The largest absolute Gasteiger partial charge is 0.491 e. The molecule has 0 radical (unpaired) electrons. The summed E-state index contributed by atoms with van der Waals surface area (Å²) in [7, 11) is 1.71. The van der Waals surface area contributed by atoms with Crippen LogP contribution in [0.25, 0.3) is 10.8 Å². The first-order chi connectivity index (χ1) is 30.2. The normalized spacial score (nSPS) is 17.8. The van der Waals surface area contributed by atoms with Gasteiger partial charge < -0.3 is 39.8 Å². The molecule has 1 fully saturated rings. The van der Waals surface area contributed by atoms with E-state index < -0.39 is 0 Å². The van der Waals surface area contributed by atoms with Gasteiger partial charge >= 0.3 is 0 Å². The van der Waals surface area contributed by atoms with Gasteiger partial charge in [0.1, 0.15) is 12.4 Å². The molecule has 3 aromatic carbocycles. The van der Waals surface area contributed by atoms with Gasteiger partial charge in [0.2, 0.25) is 11.8 Å². The summed E-state index contributed by atoms with van der Waals surface area (Å²) >= 11 is 0. The van der Waals surface area contributed by atoms with Crippen LogP contribution >= 0.6 is 0 Å². The first-order valence-corrected chi connectivity index (χ1v) is 21.7. The maximum absolute atomic E-state index is 13.9. The number of hydrogen-bond donors (Lipinski definition) is 3. The van der Waals surface area contributed by atoms with Crippen molar-refractivity contribution in [2.45, 2.75) is 50.6 Å². The van der Waals surface area contributed by atoms with E-state index in [2.05, 4.69) is 58.7 Å². The average molecular weight is 844 g/mol. The zero-order chi connectivity index (χ0) is 43.3. The zero-order valence-corrected chi connectivity index (χ0v) is 36.5. The van der Waals surface area contributed by atoms with Crippen LogP contribution in [0, 0.1) is 0 Å². The lowest BCUT2D eigenvalue weighted by Crippen LogP contribution is -2.59. The molecule has 2 amide bonds. The van der Waals surface area contributed by atoms with Crippen molar-refractivity contribution in [1.82, 2.24) is 25.5 Å². The van der Waals surface area contributed by atoms with E-state index in [0.717, 1.165) is 63.4 Å². The number of hydrogen-bond acceptors (Lipinski definition) is 11. The number of nitrogens with zero attached hydrogens (tertiary/aromatic N) is 4. The molecule has 7 rings (SSSR count). The number of aromatic nitrogens is 2. The van der Waals surface area contributed by atoms with Crippen LogP contribution in [-0.2, 0) is 35.6 Å². The van der Waals surface area contributed by atoms with Crippen molar-refractivity contribution in [3.63, 3.8) is 0 Å². The van der Waals surface area contributed by atoms with Crippen molar-refractivity contribution in [1.29, 1.82) is 0 Å². The molecule has 62 heavy (non-hydrogen) atoms.